The van der Waals surface area contributed by atoms with Crippen molar-refractivity contribution in [3.63, 3.8) is 0 Å². The summed E-state index contributed by atoms with van der Waals surface area (Å²) in [5.74, 6) is -0.292. The predicted octanol–water partition coefficient (Wildman–Crippen LogP) is 3.27. The van der Waals surface area contributed by atoms with Crippen molar-refractivity contribution >= 4 is 23.2 Å². The zero-order valence-electron chi connectivity index (χ0n) is 15.0. The Morgan fingerprint density at radius 1 is 1.07 bits per heavy atom. The van der Waals surface area contributed by atoms with E-state index >= 15 is 0 Å². The smallest absolute Gasteiger partial charge is 0.289 e. The molecule has 3 rings (SSSR count). The van der Waals surface area contributed by atoms with Gasteiger partial charge in [0.15, 0.2) is 6.61 Å². The molecule has 0 bridgehead atoms. The highest BCUT2D eigenvalue weighted by molar-refractivity contribution is 7.13. The van der Waals surface area contributed by atoms with Gasteiger partial charge in [-0.05, 0) is 31.0 Å². The first-order chi connectivity index (χ1) is 13.0. The number of aromatic nitrogens is 1. The van der Waals surface area contributed by atoms with Crippen LogP contribution in [0.3, 0.4) is 0 Å². The summed E-state index contributed by atoms with van der Waals surface area (Å²) in [6.45, 7) is 3.65. The summed E-state index contributed by atoms with van der Waals surface area (Å²) in [5, 5.41) is 2.39. The van der Waals surface area contributed by atoms with E-state index in [0.717, 1.165) is 21.7 Å². The molecular formula is C20H19N3O3S. The number of aryl methyl sites for hydroxylation is 2. The van der Waals surface area contributed by atoms with E-state index in [9.17, 15) is 9.59 Å². The van der Waals surface area contributed by atoms with Crippen molar-refractivity contribution in [1.29, 1.82) is 0 Å². The minimum Gasteiger partial charge on any atom is -0.483 e. The number of ether oxygens (including phenoxy) is 1. The van der Waals surface area contributed by atoms with E-state index in [1.165, 1.54) is 11.3 Å². The van der Waals surface area contributed by atoms with Crippen molar-refractivity contribution in [2.45, 2.75) is 13.8 Å². The lowest BCUT2D eigenvalue weighted by atomic mass is 10.1. The third-order valence-electron chi connectivity index (χ3n) is 3.78. The van der Waals surface area contributed by atoms with Crippen molar-refractivity contribution in [2.75, 3.05) is 6.61 Å². The molecule has 1 aromatic heterocycles. The third kappa shape index (κ3) is 4.92. The first-order valence-corrected chi connectivity index (χ1v) is 9.21. The van der Waals surface area contributed by atoms with Gasteiger partial charge in [-0.15, -0.1) is 11.3 Å². The van der Waals surface area contributed by atoms with Gasteiger partial charge in [0, 0.05) is 10.9 Å². The predicted molar refractivity (Wildman–Crippen MR) is 105 cm³/mol. The quantitative estimate of drug-likeness (QED) is 0.665. The van der Waals surface area contributed by atoms with Crippen LogP contribution in [-0.2, 0) is 4.79 Å². The number of carbonyl (C=O) groups is 2. The molecule has 0 spiro atoms. The summed E-state index contributed by atoms with van der Waals surface area (Å²) in [4.78, 5) is 28.3. The Morgan fingerprint density at radius 3 is 2.63 bits per heavy atom. The standard InChI is InChI=1S/C20H19N3O3S/c1-13-8-9-14(2)17(10-13)26-11-18(24)22-23-19(25)16-12-27-20(21-16)15-6-4-3-5-7-15/h3-10,12H,11H2,1-2H3,(H,22,24)(H,23,25). The topological polar surface area (TPSA) is 80.3 Å². The van der Waals surface area contributed by atoms with Crippen molar-refractivity contribution < 1.29 is 14.3 Å². The number of hydrazine groups is 1. The monoisotopic (exact) mass is 381 g/mol. The first kappa shape index (κ1) is 18.6. The molecule has 6 nitrogen and oxygen atoms in total. The van der Waals surface area contributed by atoms with Crippen LogP contribution in [0.15, 0.2) is 53.9 Å². The van der Waals surface area contributed by atoms with Crippen LogP contribution in [0.4, 0.5) is 0 Å². The number of benzene rings is 2. The maximum absolute atomic E-state index is 12.1. The molecule has 2 N–H and O–H groups in total. The zero-order valence-corrected chi connectivity index (χ0v) is 15.8. The number of nitrogens with one attached hydrogen (secondary N) is 2. The fraction of sp³-hybridized carbons (Fsp3) is 0.150. The van der Waals surface area contributed by atoms with Gasteiger partial charge < -0.3 is 4.74 Å². The SMILES string of the molecule is Cc1ccc(C)c(OCC(=O)NNC(=O)c2csc(-c3ccccc3)n2)c1. The number of hydrogen-bond acceptors (Lipinski definition) is 5. The second kappa shape index (κ2) is 8.46. The molecule has 0 aliphatic heterocycles. The van der Waals surface area contributed by atoms with E-state index in [1.54, 1.807) is 5.38 Å². The molecule has 3 aromatic rings. The second-order valence-corrected chi connectivity index (χ2v) is 6.82. The van der Waals surface area contributed by atoms with Gasteiger partial charge in [0.25, 0.3) is 11.8 Å². The maximum atomic E-state index is 12.1. The van der Waals surface area contributed by atoms with Crippen LogP contribution in [0.5, 0.6) is 5.75 Å². The molecule has 0 aliphatic carbocycles. The molecule has 27 heavy (non-hydrogen) atoms. The molecule has 2 aromatic carbocycles. The molecule has 138 valence electrons. The molecule has 0 radical (unpaired) electrons. The van der Waals surface area contributed by atoms with Gasteiger partial charge in [-0.1, -0.05) is 42.5 Å². The summed E-state index contributed by atoms with van der Waals surface area (Å²) in [5.41, 5.74) is 7.85. The van der Waals surface area contributed by atoms with Gasteiger partial charge in [-0.3, -0.25) is 20.4 Å². The maximum Gasteiger partial charge on any atom is 0.289 e. The van der Waals surface area contributed by atoms with Gasteiger partial charge >= 0.3 is 0 Å². The lowest BCUT2D eigenvalue weighted by Gasteiger charge is -2.10. The van der Waals surface area contributed by atoms with E-state index in [4.69, 9.17) is 4.74 Å². The van der Waals surface area contributed by atoms with Crippen LogP contribution in [0.2, 0.25) is 0 Å². The fourth-order valence-corrected chi connectivity index (χ4v) is 3.13. The number of hydrogen-bond donors (Lipinski definition) is 2. The number of amides is 2. The van der Waals surface area contributed by atoms with Crippen molar-refractivity contribution in [3.05, 3.63) is 70.7 Å². The van der Waals surface area contributed by atoms with Crippen LogP contribution >= 0.6 is 11.3 Å². The van der Waals surface area contributed by atoms with Crippen molar-refractivity contribution in [2.24, 2.45) is 0 Å². The Bertz CT molecular complexity index is 954. The van der Waals surface area contributed by atoms with E-state index < -0.39 is 11.8 Å². The largest absolute Gasteiger partial charge is 0.483 e. The van der Waals surface area contributed by atoms with Crippen molar-refractivity contribution in [1.82, 2.24) is 15.8 Å². The van der Waals surface area contributed by atoms with E-state index in [0.29, 0.717) is 5.75 Å². The Kier molecular flexibility index (Phi) is 5.83. The number of carbonyl (C=O) groups excluding carboxylic acids is 2. The Hall–Kier alpha value is -3.19. The fourth-order valence-electron chi connectivity index (χ4n) is 2.32. The molecule has 0 saturated heterocycles. The van der Waals surface area contributed by atoms with Crippen LogP contribution in [0, 0.1) is 13.8 Å². The molecule has 0 atom stereocenters. The van der Waals surface area contributed by atoms with Crippen LogP contribution in [-0.4, -0.2) is 23.4 Å². The van der Waals surface area contributed by atoms with E-state index in [-0.39, 0.29) is 12.3 Å². The molecule has 1 heterocycles. The minimum atomic E-state index is -0.478. The summed E-state index contributed by atoms with van der Waals surface area (Å²) in [7, 11) is 0. The highest BCUT2D eigenvalue weighted by atomic mass is 32.1. The average Bonchev–Trinajstić information content (AvgIpc) is 3.18. The summed E-state index contributed by atoms with van der Waals surface area (Å²) in [6, 6.07) is 15.3. The third-order valence-corrected chi connectivity index (χ3v) is 4.67. The number of thiazole rings is 1. The molecular weight excluding hydrogens is 362 g/mol. The van der Waals surface area contributed by atoms with Crippen LogP contribution in [0.1, 0.15) is 21.6 Å². The summed E-state index contributed by atoms with van der Waals surface area (Å²) in [6.07, 6.45) is 0. The van der Waals surface area contributed by atoms with E-state index in [1.807, 2.05) is 62.4 Å². The highest BCUT2D eigenvalue weighted by Crippen LogP contribution is 2.23. The van der Waals surface area contributed by atoms with Gasteiger partial charge in [0.2, 0.25) is 0 Å². The lowest BCUT2D eigenvalue weighted by molar-refractivity contribution is -0.123. The molecule has 2 amide bonds. The van der Waals surface area contributed by atoms with Crippen molar-refractivity contribution in [3.8, 4) is 16.3 Å². The normalized spacial score (nSPS) is 10.3. The molecule has 0 saturated carbocycles. The minimum absolute atomic E-state index is 0.198. The Labute approximate surface area is 161 Å². The van der Waals surface area contributed by atoms with Crippen LogP contribution < -0.4 is 15.6 Å². The Morgan fingerprint density at radius 2 is 1.85 bits per heavy atom. The van der Waals surface area contributed by atoms with Gasteiger partial charge in [-0.2, -0.15) is 0 Å². The number of rotatable bonds is 5. The van der Waals surface area contributed by atoms with Crippen LogP contribution in [0.25, 0.3) is 10.6 Å². The zero-order chi connectivity index (χ0) is 19.2. The molecule has 7 heteroatoms. The van der Waals surface area contributed by atoms with Gasteiger partial charge in [0.05, 0.1) is 0 Å². The molecule has 0 aliphatic rings. The van der Waals surface area contributed by atoms with E-state index in [2.05, 4.69) is 15.8 Å². The molecule has 0 unspecified atom stereocenters. The highest BCUT2D eigenvalue weighted by Gasteiger charge is 2.13. The summed E-state index contributed by atoms with van der Waals surface area (Å²) < 4.78 is 5.50. The molecule has 0 fully saturated rings. The van der Waals surface area contributed by atoms with Gasteiger partial charge in [-0.25, -0.2) is 4.98 Å². The lowest BCUT2D eigenvalue weighted by Crippen LogP contribution is -2.44. The average molecular weight is 381 g/mol. The van der Waals surface area contributed by atoms with Gasteiger partial charge in [0.1, 0.15) is 16.5 Å². The number of nitrogens with zero attached hydrogens (tertiary/aromatic N) is 1. The second-order valence-electron chi connectivity index (χ2n) is 5.96. The Balaban J connectivity index is 1.51. The summed E-state index contributed by atoms with van der Waals surface area (Å²) >= 11 is 1.37. The first-order valence-electron chi connectivity index (χ1n) is 8.33.